The van der Waals surface area contributed by atoms with E-state index in [-0.39, 0.29) is 0 Å². The molecule has 19 heavy (non-hydrogen) atoms. The number of aryl methyl sites for hydroxylation is 2. The van der Waals surface area contributed by atoms with Gasteiger partial charge in [-0.15, -0.1) is 11.3 Å². The second-order valence-corrected chi connectivity index (χ2v) is 6.23. The lowest BCUT2D eigenvalue weighted by atomic mass is 10.0. The third-order valence-electron chi connectivity index (χ3n) is 3.36. The monoisotopic (exact) mass is 277 g/mol. The largest absolute Gasteiger partial charge is 0.305 e. The van der Waals surface area contributed by atoms with Crippen LogP contribution in [0, 0.1) is 5.92 Å². The zero-order valence-corrected chi connectivity index (χ0v) is 13.0. The van der Waals surface area contributed by atoms with Gasteiger partial charge in [0.25, 0.3) is 0 Å². The van der Waals surface area contributed by atoms with Gasteiger partial charge in [-0.25, -0.2) is 0 Å². The number of nitrogens with one attached hydrogen (secondary N) is 1. The summed E-state index contributed by atoms with van der Waals surface area (Å²) in [6.45, 7) is 7.57. The van der Waals surface area contributed by atoms with Crippen LogP contribution in [0.5, 0.6) is 0 Å². The van der Waals surface area contributed by atoms with Crippen molar-refractivity contribution in [3.8, 4) is 0 Å². The Bertz CT molecular complexity index is 499. The molecule has 0 aromatic carbocycles. The summed E-state index contributed by atoms with van der Waals surface area (Å²) in [5.41, 5.74) is 2.51. The van der Waals surface area contributed by atoms with E-state index in [2.05, 4.69) is 54.9 Å². The SMILES string of the molecule is CCc1nn(C)cc1CNC(c1cccs1)C(C)C. The third-order valence-corrected chi connectivity index (χ3v) is 4.31. The van der Waals surface area contributed by atoms with Crippen molar-refractivity contribution in [1.29, 1.82) is 0 Å². The van der Waals surface area contributed by atoms with Crippen molar-refractivity contribution >= 4 is 11.3 Å². The normalized spacial score (nSPS) is 13.1. The zero-order valence-electron chi connectivity index (χ0n) is 12.2. The van der Waals surface area contributed by atoms with E-state index in [1.807, 2.05) is 23.1 Å². The van der Waals surface area contributed by atoms with Crippen LogP contribution < -0.4 is 5.32 Å². The Hall–Kier alpha value is -1.13. The van der Waals surface area contributed by atoms with Gasteiger partial charge < -0.3 is 5.32 Å². The summed E-state index contributed by atoms with van der Waals surface area (Å²) in [5.74, 6) is 0.584. The molecule has 0 aliphatic rings. The van der Waals surface area contributed by atoms with E-state index in [0.29, 0.717) is 12.0 Å². The van der Waals surface area contributed by atoms with E-state index in [4.69, 9.17) is 0 Å². The Morgan fingerprint density at radius 1 is 1.42 bits per heavy atom. The fourth-order valence-electron chi connectivity index (χ4n) is 2.38. The molecule has 0 amide bonds. The summed E-state index contributed by atoms with van der Waals surface area (Å²) in [7, 11) is 1.99. The maximum absolute atomic E-state index is 4.49. The van der Waals surface area contributed by atoms with Gasteiger partial charge in [0, 0.05) is 36.3 Å². The minimum Gasteiger partial charge on any atom is -0.305 e. The molecule has 0 fully saturated rings. The fraction of sp³-hybridized carbons (Fsp3) is 0.533. The van der Waals surface area contributed by atoms with Gasteiger partial charge >= 0.3 is 0 Å². The summed E-state index contributed by atoms with van der Waals surface area (Å²) in [4.78, 5) is 1.41. The first-order valence-electron chi connectivity index (χ1n) is 6.90. The minimum absolute atomic E-state index is 0.421. The average Bonchev–Trinajstić information content (AvgIpc) is 2.98. The molecule has 3 nitrogen and oxygen atoms in total. The Morgan fingerprint density at radius 3 is 2.79 bits per heavy atom. The van der Waals surface area contributed by atoms with Crippen molar-refractivity contribution in [2.24, 2.45) is 13.0 Å². The summed E-state index contributed by atoms with van der Waals surface area (Å²) in [6, 6.07) is 4.76. The average molecular weight is 277 g/mol. The Labute approximate surface area is 119 Å². The highest BCUT2D eigenvalue weighted by Crippen LogP contribution is 2.26. The van der Waals surface area contributed by atoms with Gasteiger partial charge in [0.15, 0.2) is 0 Å². The molecule has 0 aliphatic carbocycles. The number of hydrogen-bond acceptors (Lipinski definition) is 3. The molecule has 0 spiro atoms. The molecule has 4 heteroatoms. The predicted molar refractivity (Wildman–Crippen MR) is 81.3 cm³/mol. The molecule has 0 saturated carbocycles. The van der Waals surface area contributed by atoms with Crippen LogP contribution in [0.25, 0.3) is 0 Å². The molecule has 1 N–H and O–H groups in total. The maximum Gasteiger partial charge on any atom is 0.0666 e. The van der Waals surface area contributed by atoms with Crippen LogP contribution in [0.3, 0.4) is 0 Å². The first-order chi connectivity index (χ1) is 9.11. The molecule has 2 aromatic rings. The third kappa shape index (κ3) is 3.45. The molecule has 1 atom stereocenters. The highest BCUT2D eigenvalue weighted by atomic mass is 32.1. The maximum atomic E-state index is 4.49. The van der Waals surface area contributed by atoms with Crippen LogP contribution in [-0.2, 0) is 20.0 Å². The fourth-order valence-corrected chi connectivity index (χ4v) is 3.36. The van der Waals surface area contributed by atoms with E-state index >= 15 is 0 Å². The van der Waals surface area contributed by atoms with Crippen molar-refractivity contribution in [2.75, 3.05) is 0 Å². The summed E-state index contributed by atoms with van der Waals surface area (Å²) >= 11 is 1.83. The lowest BCUT2D eigenvalue weighted by Crippen LogP contribution is -2.24. The number of rotatable bonds is 6. The number of thiophene rings is 1. The topological polar surface area (TPSA) is 29.9 Å². The highest BCUT2D eigenvalue weighted by Gasteiger charge is 2.17. The summed E-state index contributed by atoms with van der Waals surface area (Å²) in [5, 5.41) is 10.3. The van der Waals surface area contributed by atoms with E-state index in [0.717, 1.165) is 13.0 Å². The molecule has 0 radical (unpaired) electrons. The van der Waals surface area contributed by atoms with Gasteiger partial charge in [-0.05, 0) is 23.8 Å². The molecule has 2 aromatic heterocycles. The lowest BCUT2D eigenvalue weighted by molar-refractivity contribution is 0.416. The van der Waals surface area contributed by atoms with Gasteiger partial charge in [0.1, 0.15) is 0 Å². The predicted octanol–water partition coefficient (Wildman–Crippen LogP) is 3.53. The number of aromatic nitrogens is 2. The number of hydrogen-bond donors (Lipinski definition) is 1. The second-order valence-electron chi connectivity index (χ2n) is 5.25. The van der Waals surface area contributed by atoms with Crippen molar-refractivity contribution < 1.29 is 0 Å². The van der Waals surface area contributed by atoms with Crippen LogP contribution in [0.1, 0.15) is 42.9 Å². The molecule has 2 rings (SSSR count). The van der Waals surface area contributed by atoms with E-state index in [1.165, 1.54) is 16.1 Å². The Balaban J connectivity index is 2.07. The van der Waals surface area contributed by atoms with Crippen LogP contribution in [0.4, 0.5) is 0 Å². The zero-order chi connectivity index (χ0) is 13.8. The Kier molecular flexibility index (Phi) is 4.77. The van der Waals surface area contributed by atoms with E-state index < -0.39 is 0 Å². The molecular weight excluding hydrogens is 254 g/mol. The van der Waals surface area contributed by atoms with E-state index in [9.17, 15) is 0 Å². The van der Waals surface area contributed by atoms with Crippen molar-refractivity contribution in [1.82, 2.24) is 15.1 Å². The minimum atomic E-state index is 0.421. The highest BCUT2D eigenvalue weighted by molar-refractivity contribution is 7.10. The smallest absolute Gasteiger partial charge is 0.0666 e. The van der Waals surface area contributed by atoms with Crippen LogP contribution >= 0.6 is 11.3 Å². The van der Waals surface area contributed by atoms with Gasteiger partial charge in [-0.2, -0.15) is 5.10 Å². The molecule has 2 heterocycles. The standard InChI is InChI=1S/C15H23N3S/c1-5-13-12(10-18(4)17-13)9-16-15(11(2)3)14-7-6-8-19-14/h6-8,10-11,15-16H,5,9H2,1-4H3. The van der Waals surface area contributed by atoms with Crippen LogP contribution in [-0.4, -0.2) is 9.78 Å². The quantitative estimate of drug-likeness (QED) is 0.875. The first kappa shape index (κ1) is 14.3. The van der Waals surface area contributed by atoms with Crippen LogP contribution in [0.2, 0.25) is 0 Å². The van der Waals surface area contributed by atoms with Gasteiger partial charge in [-0.3, -0.25) is 4.68 Å². The van der Waals surface area contributed by atoms with Crippen molar-refractivity contribution in [3.05, 3.63) is 39.8 Å². The number of nitrogens with zero attached hydrogens (tertiary/aromatic N) is 2. The van der Waals surface area contributed by atoms with E-state index in [1.54, 1.807) is 0 Å². The lowest BCUT2D eigenvalue weighted by Gasteiger charge is -2.21. The Morgan fingerprint density at radius 2 is 2.21 bits per heavy atom. The second kappa shape index (κ2) is 6.35. The van der Waals surface area contributed by atoms with Gasteiger partial charge in [0.05, 0.1) is 5.69 Å². The molecule has 1 unspecified atom stereocenters. The molecule has 104 valence electrons. The van der Waals surface area contributed by atoms with Crippen molar-refractivity contribution in [2.45, 2.75) is 39.8 Å². The van der Waals surface area contributed by atoms with Gasteiger partial charge in [-0.1, -0.05) is 26.8 Å². The summed E-state index contributed by atoms with van der Waals surface area (Å²) in [6.07, 6.45) is 3.11. The van der Waals surface area contributed by atoms with Crippen molar-refractivity contribution in [3.63, 3.8) is 0 Å². The van der Waals surface area contributed by atoms with Crippen LogP contribution in [0.15, 0.2) is 23.7 Å². The molecule has 0 saturated heterocycles. The van der Waals surface area contributed by atoms with Gasteiger partial charge in [0.2, 0.25) is 0 Å². The molecule has 0 bridgehead atoms. The molecular formula is C15H23N3S. The molecule has 0 aliphatic heterocycles. The first-order valence-corrected chi connectivity index (χ1v) is 7.78. The summed E-state index contributed by atoms with van der Waals surface area (Å²) < 4.78 is 1.91.